The number of carbonyl (C=O) groups is 1. The van der Waals surface area contributed by atoms with Crippen molar-refractivity contribution in [3.8, 4) is 0 Å². The summed E-state index contributed by atoms with van der Waals surface area (Å²) in [5.41, 5.74) is 4.76. The largest absolute Gasteiger partial charge is 0.372 e. The smallest absolute Gasteiger partial charge is 0.248 e. The van der Waals surface area contributed by atoms with Crippen LogP contribution < -0.4 is 20.4 Å². The van der Waals surface area contributed by atoms with Crippen molar-refractivity contribution in [3.63, 3.8) is 0 Å². The second kappa shape index (κ2) is 9.86. The first-order valence-corrected chi connectivity index (χ1v) is 11.4. The highest BCUT2D eigenvalue weighted by atomic mass is 16.2. The van der Waals surface area contributed by atoms with Crippen LogP contribution in [0.4, 0.5) is 11.4 Å². The third kappa shape index (κ3) is 5.01. The molecule has 0 aromatic heterocycles. The van der Waals surface area contributed by atoms with Gasteiger partial charge in [0.05, 0.1) is 6.04 Å². The summed E-state index contributed by atoms with van der Waals surface area (Å²) >= 11 is 0. The lowest BCUT2D eigenvalue weighted by molar-refractivity contribution is -0.117. The van der Waals surface area contributed by atoms with Crippen molar-refractivity contribution in [2.24, 2.45) is 4.99 Å². The van der Waals surface area contributed by atoms with Gasteiger partial charge >= 0.3 is 0 Å². The average molecular weight is 420 g/mol. The quantitative estimate of drug-likeness (QED) is 0.556. The lowest BCUT2D eigenvalue weighted by Crippen LogP contribution is -2.40. The molecule has 0 saturated carbocycles. The van der Waals surface area contributed by atoms with E-state index in [1.165, 1.54) is 29.7 Å². The second-order valence-corrected chi connectivity index (χ2v) is 8.27. The Morgan fingerprint density at radius 1 is 1.10 bits per heavy atom. The summed E-state index contributed by atoms with van der Waals surface area (Å²) in [6.45, 7) is 8.05. The van der Waals surface area contributed by atoms with Gasteiger partial charge in [-0.05, 0) is 62.4 Å². The van der Waals surface area contributed by atoms with E-state index < -0.39 is 0 Å². The number of para-hydroxylation sites is 1. The monoisotopic (exact) mass is 419 g/mol. The highest BCUT2D eigenvalue weighted by Gasteiger charge is 2.23. The second-order valence-electron chi connectivity index (χ2n) is 8.27. The van der Waals surface area contributed by atoms with Crippen LogP contribution in [-0.4, -0.2) is 44.6 Å². The molecule has 2 N–H and O–H groups in total. The minimum Gasteiger partial charge on any atom is -0.372 e. The molecule has 0 spiro atoms. The molecule has 4 rings (SSSR count). The summed E-state index contributed by atoms with van der Waals surface area (Å²) in [5, 5.41) is 6.74. The Labute approximate surface area is 185 Å². The molecule has 2 aliphatic rings. The molecule has 0 radical (unpaired) electrons. The number of guanidine groups is 1. The van der Waals surface area contributed by atoms with Crippen molar-refractivity contribution in [2.75, 3.05) is 42.5 Å². The molecular formula is C25H33N5O. The molecule has 0 aliphatic carbocycles. The maximum atomic E-state index is 12.8. The van der Waals surface area contributed by atoms with E-state index in [1.54, 1.807) is 0 Å². The lowest BCUT2D eigenvalue weighted by Gasteiger charge is -2.22. The number of hydrogen-bond donors (Lipinski definition) is 2. The zero-order valence-corrected chi connectivity index (χ0v) is 18.6. The van der Waals surface area contributed by atoms with Crippen LogP contribution >= 0.6 is 0 Å². The molecule has 1 atom stereocenters. The summed E-state index contributed by atoms with van der Waals surface area (Å²) in [6, 6.07) is 16.9. The van der Waals surface area contributed by atoms with Crippen LogP contribution in [0.15, 0.2) is 53.5 Å². The first-order valence-electron chi connectivity index (χ1n) is 11.4. The average Bonchev–Trinajstić information content (AvgIpc) is 3.48. The minimum atomic E-state index is 0.0332. The molecule has 1 fully saturated rings. The Balaban J connectivity index is 1.41. The summed E-state index contributed by atoms with van der Waals surface area (Å²) in [4.78, 5) is 21.7. The minimum absolute atomic E-state index is 0.0332. The number of carbonyl (C=O) groups excluding carboxylic acids is 1. The molecule has 31 heavy (non-hydrogen) atoms. The van der Waals surface area contributed by atoms with Crippen LogP contribution in [0, 0.1) is 0 Å². The van der Waals surface area contributed by atoms with Crippen molar-refractivity contribution in [3.05, 3.63) is 59.7 Å². The third-order valence-corrected chi connectivity index (χ3v) is 6.10. The zero-order valence-electron chi connectivity index (χ0n) is 18.6. The Morgan fingerprint density at radius 2 is 1.90 bits per heavy atom. The molecule has 6 nitrogen and oxygen atoms in total. The van der Waals surface area contributed by atoms with Gasteiger partial charge in [0, 0.05) is 37.6 Å². The molecule has 1 amide bonds. The van der Waals surface area contributed by atoms with E-state index >= 15 is 0 Å². The highest BCUT2D eigenvalue weighted by Crippen LogP contribution is 2.27. The van der Waals surface area contributed by atoms with Gasteiger partial charge in [0.2, 0.25) is 5.91 Å². The number of nitrogens with zero attached hydrogens (tertiary/aromatic N) is 3. The number of rotatable bonds is 6. The van der Waals surface area contributed by atoms with Gasteiger partial charge in [-0.1, -0.05) is 30.3 Å². The number of benzene rings is 2. The van der Waals surface area contributed by atoms with Gasteiger partial charge in [0.1, 0.15) is 6.54 Å². The topological polar surface area (TPSA) is 60.0 Å². The van der Waals surface area contributed by atoms with Gasteiger partial charge in [-0.2, -0.15) is 0 Å². The first kappa shape index (κ1) is 21.2. The van der Waals surface area contributed by atoms with Crippen LogP contribution in [0.1, 0.15) is 43.9 Å². The van der Waals surface area contributed by atoms with Crippen molar-refractivity contribution >= 4 is 23.2 Å². The molecule has 1 saturated heterocycles. The van der Waals surface area contributed by atoms with Gasteiger partial charge in [-0.25, -0.2) is 4.99 Å². The Hall–Kier alpha value is -3.02. The maximum Gasteiger partial charge on any atom is 0.248 e. The summed E-state index contributed by atoms with van der Waals surface area (Å²) in [7, 11) is 0. The van der Waals surface area contributed by atoms with E-state index in [2.05, 4.69) is 57.8 Å². The van der Waals surface area contributed by atoms with E-state index in [1.807, 2.05) is 30.0 Å². The lowest BCUT2D eigenvalue weighted by atomic mass is 10.1. The van der Waals surface area contributed by atoms with Crippen LogP contribution in [0.25, 0.3) is 0 Å². The van der Waals surface area contributed by atoms with E-state index in [0.717, 1.165) is 38.3 Å². The molecule has 164 valence electrons. The zero-order chi connectivity index (χ0) is 21.6. The van der Waals surface area contributed by atoms with E-state index in [9.17, 15) is 4.79 Å². The molecule has 2 aliphatic heterocycles. The van der Waals surface area contributed by atoms with E-state index in [4.69, 9.17) is 0 Å². The van der Waals surface area contributed by atoms with Crippen LogP contribution in [0.2, 0.25) is 0 Å². The van der Waals surface area contributed by atoms with Crippen molar-refractivity contribution in [2.45, 2.75) is 39.2 Å². The number of hydrogen-bond acceptors (Lipinski definition) is 3. The van der Waals surface area contributed by atoms with Gasteiger partial charge in [-0.15, -0.1) is 0 Å². The fourth-order valence-electron chi connectivity index (χ4n) is 4.40. The summed E-state index contributed by atoms with van der Waals surface area (Å²) < 4.78 is 0. The van der Waals surface area contributed by atoms with E-state index in [0.29, 0.717) is 5.96 Å². The standard InChI is InChI=1S/C25H33N5O/c1-3-26-25(27-18-24(31)30-16-13-20-9-4-5-12-23(20)30)28-19(2)21-10-8-11-22(17-21)29-14-6-7-15-29/h4-5,8-12,17,19H,3,6-7,13-16,18H2,1-2H3,(H2,26,27,28). The van der Waals surface area contributed by atoms with Crippen molar-refractivity contribution in [1.82, 2.24) is 10.6 Å². The van der Waals surface area contributed by atoms with Gasteiger partial charge in [0.15, 0.2) is 5.96 Å². The van der Waals surface area contributed by atoms with Crippen molar-refractivity contribution < 1.29 is 4.79 Å². The molecule has 2 aromatic rings. The Bertz CT molecular complexity index is 935. The maximum absolute atomic E-state index is 12.8. The van der Waals surface area contributed by atoms with E-state index in [-0.39, 0.29) is 18.5 Å². The number of aliphatic imine (C=N–C) groups is 1. The van der Waals surface area contributed by atoms with Gasteiger partial charge in [0.25, 0.3) is 0 Å². The van der Waals surface area contributed by atoms with Crippen LogP contribution in [0.5, 0.6) is 0 Å². The molecular weight excluding hydrogens is 386 g/mol. The fraction of sp³-hybridized carbons (Fsp3) is 0.440. The van der Waals surface area contributed by atoms with Gasteiger partial charge < -0.3 is 20.4 Å². The predicted octanol–water partition coefficient (Wildman–Crippen LogP) is 3.49. The summed E-state index contributed by atoms with van der Waals surface area (Å²) in [5.74, 6) is 0.702. The van der Waals surface area contributed by atoms with Crippen LogP contribution in [-0.2, 0) is 11.2 Å². The molecule has 1 unspecified atom stereocenters. The first-order chi connectivity index (χ1) is 15.2. The van der Waals surface area contributed by atoms with Gasteiger partial charge in [-0.3, -0.25) is 4.79 Å². The Kier molecular flexibility index (Phi) is 6.75. The van der Waals surface area contributed by atoms with Crippen LogP contribution in [0.3, 0.4) is 0 Å². The molecule has 2 aromatic carbocycles. The normalized spacial score (nSPS) is 16.9. The number of nitrogens with one attached hydrogen (secondary N) is 2. The SMILES string of the molecule is CCNC(=NCC(=O)N1CCc2ccccc21)NC(C)c1cccc(N2CCCC2)c1. The Morgan fingerprint density at radius 3 is 2.71 bits per heavy atom. The highest BCUT2D eigenvalue weighted by molar-refractivity contribution is 5.98. The molecule has 6 heteroatoms. The summed E-state index contributed by atoms with van der Waals surface area (Å²) in [6.07, 6.45) is 3.45. The molecule has 0 bridgehead atoms. The van der Waals surface area contributed by atoms with Crippen molar-refractivity contribution in [1.29, 1.82) is 0 Å². The predicted molar refractivity (Wildman–Crippen MR) is 128 cm³/mol. The number of anilines is 2. The fourth-order valence-corrected chi connectivity index (χ4v) is 4.40. The number of fused-ring (bicyclic) bond motifs is 1. The third-order valence-electron chi connectivity index (χ3n) is 6.10. The number of amides is 1. The molecule has 2 heterocycles.